The van der Waals surface area contributed by atoms with Crippen LogP contribution in [0.4, 0.5) is 9.18 Å². The van der Waals surface area contributed by atoms with Gasteiger partial charge in [-0.3, -0.25) is 4.90 Å². The third kappa shape index (κ3) is 5.29. The maximum Gasteiger partial charge on any atom is 0.317 e. The van der Waals surface area contributed by atoms with Crippen LogP contribution in [-0.4, -0.2) is 87.6 Å². The molecule has 2 aliphatic rings. The van der Waals surface area contributed by atoms with E-state index >= 15 is 0 Å². The highest BCUT2D eigenvalue weighted by atomic mass is 32.2. The van der Waals surface area contributed by atoms with E-state index < -0.39 is 15.8 Å². The van der Waals surface area contributed by atoms with E-state index in [1.807, 2.05) is 11.4 Å². The van der Waals surface area contributed by atoms with Crippen molar-refractivity contribution >= 4 is 27.4 Å². The molecular formula is C21H27FN4O4S2. The fraction of sp³-hybridized carbons (Fsp3) is 0.476. The second kappa shape index (κ2) is 10.3. The minimum absolute atomic E-state index is 0.0566. The summed E-state index contributed by atoms with van der Waals surface area (Å²) in [6, 6.07) is 8.78. The number of piperazine rings is 1. The maximum absolute atomic E-state index is 13.1. The molecule has 1 aromatic carbocycles. The molecule has 0 unspecified atom stereocenters. The van der Waals surface area contributed by atoms with E-state index in [9.17, 15) is 17.6 Å². The van der Waals surface area contributed by atoms with Gasteiger partial charge in [-0.25, -0.2) is 17.6 Å². The van der Waals surface area contributed by atoms with Crippen LogP contribution in [0.1, 0.15) is 10.9 Å². The van der Waals surface area contributed by atoms with Gasteiger partial charge in [0.15, 0.2) is 0 Å². The van der Waals surface area contributed by atoms with Crippen molar-refractivity contribution in [1.29, 1.82) is 0 Å². The molecule has 2 aromatic rings. The third-order valence-electron chi connectivity index (χ3n) is 5.78. The number of thiophene rings is 1. The Hall–Kier alpha value is -2.05. The van der Waals surface area contributed by atoms with Gasteiger partial charge >= 0.3 is 6.03 Å². The molecule has 1 N–H and O–H groups in total. The topological polar surface area (TPSA) is 82.2 Å². The average molecular weight is 483 g/mol. The third-order valence-corrected chi connectivity index (χ3v) is 8.67. The van der Waals surface area contributed by atoms with Crippen molar-refractivity contribution in [3.05, 3.63) is 52.5 Å². The Labute approximate surface area is 191 Å². The number of ether oxygens (including phenoxy) is 1. The van der Waals surface area contributed by atoms with Gasteiger partial charge in [0.2, 0.25) is 10.0 Å². The Bertz CT molecular complexity index is 987. The summed E-state index contributed by atoms with van der Waals surface area (Å²) in [5.74, 6) is -0.483. The predicted molar refractivity (Wildman–Crippen MR) is 120 cm³/mol. The Morgan fingerprint density at radius 1 is 1.06 bits per heavy atom. The second-order valence-electron chi connectivity index (χ2n) is 7.71. The van der Waals surface area contributed by atoms with E-state index in [2.05, 4.69) is 16.3 Å². The lowest BCUT2D eigenvalue weighted by Crippen LogP contribution is -2.54. The van der Waals surface area contributed by atoms with Gasteiger partial charge in [-0.05, 0) is 35.7 Å². The first-order valence-corrected chi connectivity index (χ1v) is 12.9. The van der Waals surface area contributed by atoms with E-state index in [1.165, 1.54) is 21.3 Å². The van der Waals surface area contributed by atoms with Gasteiger partial charge in [0.25, 0.3) is 0 Å². The molecule has 1 atom stereocenters. The largest absolute Gasteiger partial charge is 0.379 e. The highest BCUT2D eigenvalue weighted by Gasteiger charge is 2.31. The smallest absolute Gasteiger partial charge is 0.317 e. The van der Waals surface area contributed by atoms with Crippen LogP contribution in [0.25, 0.3) is 0 Å². The number of hydrogen-bond donors (Lipinski definition) is 1. The fourth-order valence-corrected chi connectivity index (χ4v) is 6.25. The van der Waals surface area contributed by atoms with Crippen molar-refractivity contribution in [3.8, 4) is 0 Å². The summed E-state index contributed by atoms with van der Waals surface area (Å²) in [4.78, 5) is 18.0. The number of halogens is 1. The molecule has 32 heavy (non-hydrogen) atoms. The van der Waals surface area contributed by atoms with Crippen molar-refractivity contribution in [2.75, 3.05) is 59.0 Å². The summed E-state index contributed by atoms with van der Waals surface area (Å²) >= 11 is 1.67. The molecule has 2 aliphatic heterocycles. The number of morpholine rings is 1. The summed E-state index contributed by atoms with van der Waals surface area (Å²) in [6.07, 6.45) is 0. The van der Waals surface area contributed by atoms with E-state index in [0.29, 0.717) is 32.8 Å². The lowest BCUT2D eigenvalue weighted by atomic mass is 10.2. The van der Waals surface area contributed by atoms with Crippen LogP contribution in [0.3, 0.4) is 0 Å². The molecule has 1 aromatic heterocycles. The first-order valence-electron chi connectivity index (χ1n) is 10.6. The number of nitrogens with one attached hydrogen (secondary N) is 1. The standard InChI is InChI=1S/C21H27FN4O4S2/c22-17-3-5-18(6-4-17)32(28,29)26-9-7-25(8-10-26)21(27)23-16-19(20-2-1-15-31-20)24-11-13-30-14-12-24/h1-6,15,19H,7-14,16H2,(H,23,27)/t19-/m1/s1. The van der Waals surface area contributed by atoms with E-state index in [0.717, 1.165) is 25.2 Å². The van der Waals surface area contributed by atoms with Gasteiger partial charge in [-0.2, -0.15) is 4.31 Å². The summed E-state index contributed by atoms with van der Waals surface area (Å²) < 4.78 is 45.5. The number of hydrogen-bond acceptors (Lipinski definition) is 6. The summed E-state index contributed by atoms with van der Waals surface area (Å²) in [5, 5.41) is 5.06. The maximum atomic E-state index is 13.1. The number of sulfonamides is 1. The first-order chi connectivity index (χ1) is 15.4. The van der Waals surface area contributed by atoms with Crippen molar-refractivity contribution in [2.24, 2.45) is 0 Å². The normalized spacial score (nSPS) is 19.6. The minimum atomic E-state index is -3.71. The van der Waals surface area contributed by atoms with Gasteiger partial charge in [-0.1, -0.05) is 6.07 Å². The Morgan fingerprint density at radius 3 is 2.38 bits per heavy atom. The molecule has 174 valence electrons. The first kappa shape index (κ1) is 23.1. The lowest BCUT2D eigenvalue weighted by Gasteiger charge is -2.36. The molecule has 0 aliphatic carbocycles. The van der Waals surface area contributed by atoms with Gasteiger partial charge in [0, 0.05) is 50.7 Å². The lowest BCUT2D eigenvalue weighted by molar-refractivity contribution is 0.0171. The molecule has 2 saturated heterocycles. The summed E-state index contributed by atoms with van der Waals surface area (Å²) in [7, 11) is -3.71. The number of amides is 2. The van der Waals surface area contributed by atoms with Crippen LogP contribution in [0.2, 0.25) is 0 Å². The highest BCUT2D eigenvalue weighted by Crippen LogP contribution is 2.25. The van der Waals surface area contributed by atoms with Crippen LogP contribution in [0, 0.1) is 5.82 Å². The Morgan fingerprint density at radius 2 is 1.75 bits per heavy atom. The zero-order valence-electron chi connectivity index (χ0n) is 17.7. The monoisotopic (exact) mass is 482 g/mol. The SMILES string of the molecule is O=C(NC[C@H](c1cccs1)N1CCOCC1)N1CCN(S(=O)(=O)c2ccc(F)cc2)CC1. The van der Waals surface area contributed by atoms with Crippen LogP contribution in [-0.2, 0) is 14.8 Å². The molecule has 8 nitrogen and oxygen atoms in total. The number of urea groups is 1. The van der Waals surface area contributed by atoms with E-state index in [1.54, 1.807) is 16.2 Å². The highest BCUT2D eigenvalue weighted by molar-refractivity contribution is 7.89. The molecule has 0 bridgehead atoms. The van der Waals surface area contributed by atoms with Crippen molar-refractivity contribution in [3.63, 3.8) is 0 Å². The summed E-state index contributed by atoms with van der Waals surface area (Å²) in [5.41, 5.74) is 0. The number of benzene rings is 1. The van der Waals surface area contributed by atoms with Crippen LogP contribution < -0.4 is 5.32 Å². The van der Waals surface area contributed by atoms with Crippen molar-refractivity contribution < 1.29 is 22.3 Å². The predicted octanol–water partition coefficient (Wildman–Crippen LogP) is 1.98. The van der Waals surface area contributed by atoms with E-state index in [4.69, 9.17) is 4.74 Å². The van der Waals surface area contributed by atoms with Crippen LogP contribution >= 0.6 is 11.3 Å². The number of carbonyl (C=O) groups is 1. The fourth-order valence-electron chi connectivity index (χ4n) is 3.96. The van der Waals surface area contributed by atoms with Gasteiger partial charge in [-0.15, -0.1) is 11.3 Å². The molecule has 2 fully saturated rings. The van der Waals surface area contributed by atoms with Gasteiger partial charge in [0.05, 0.1) is 24.2 Å². The number of nitrogens with zero attached hydrogens (tertiary/aromatic N) is 3. The van der Waals surface area contributed by atoms with Gasteiger partial charge < -0.3 is 15.0 Å². The van der Waals surface area contributed by atoms with Crippen molar-refractivity contribution in [1.82, 2.24) is 19.4 Å². The summed E-state index contributed by atoms with van der Waals surface area (Å²) in [6.45, 7) is 4.47. The molecule has 2 amide bonds. The van der Waals surface area contributed by atoms with Crippen molar-refractivity contribution in [2.45, 2.75) is 10.9 Å². The quantitative estimate of drug-likeness (QED) is 0.681. The van der Waals surface area contributed by atoms with Crippen LogP contribution in [0.15, 0.2) is 46.7 Å². The molecule has 4 rings (SSSR count). The van der Waals surface area contributed by atoms with Gasteiger partial charge in [0.1, 0.15) is 5.82 Å². The molecule has 0 radical (unpaired) electrons. The number of rotatable bonds is 6. The second-order valence-corrected chi connectivity index (χ2v) is 10.6. The number of carbonyl (C=O) groups excluding carboxylic acids is 1. The molecular weight excluding hydrogens is 455 g/mol. The molecule has 0 spiro atoms. The molecule has 3 heterocycles. The minimum Gasteiger partial charge on any atom is -0.379 e. The Balaban J connectivity index is 1.32. The van der Waals surface area contributed by atoms with Crippen LogP contribution in [0.5, 0.6) is 0 Å². The van der Waals surface area contributed by atoms with E-state index in [-0.39, 0.29) is 30.1 Å². The molecule has 11 heteroatoms. The zero-order chi connectivity index (χ0) is 22.6. The Kier molecular flexibility index (Phi) is 7.41. The zero-order valence-corrected chi connectivity index (χ0v) is 19.3. The molecule has 0 saturated carbocycles. The average Bonchev–Trinajstić information content (AvgIpc) is 3.35.